The molecule has 1 saturated heterocycles. The molecule has 0 bridgehead atoms. The summed E-state index contributed by atoms with van der Waals surface area (Å²) in [7, 11) is 0. The molecule has 1 heterocycles. The molecule has 0 atom stereocenters. The number of nitrogens with two attached hydrogens (primary N) is 1. The Morgan fingerprint density at radius 1 is 1.35 bits per heavy atom. The van der Waals surface area contributed by atoms with Crippen molar-refractivity contribution in [3.05, 3.63) is 29.8 Å². The van der Waals surface area contributed by atoms with Crippen LogP contribution >= 0.6 is 12.4 Å². The summed E-state index contributed by atoms with van der Waals surface area (Å²) in [5, 5.41) is 2.86. The fraction of sp³-hybridized carbons (Fsp3) is 0.500. The van der Waals surface area contributed by atoms with Crippen molar-refractivity contribution in [2.24, 2.45) is 11.1 Å². The van der Waals surface area contributed by atoms with Crippen molar-refractivity contribution in [1.82, 2.24) is 0 Å². The second kappa shape index (κ2) is 8.86. The maximum Gasteiger partial charge on any atom is 0.338 e. The van der Waals surface area contributed by atoms with E-state index in [-0.39, 0.29) is 24.9 Å². The summed E-state index contributed by atoms with van der Waals surface area (Å²) in [6.45, 7) is 3.41. The van der Waals surface area contributed by atoms with Crippen LogP contribution in [0, 0.1) is 5.41 Å². The van der Waals surface area contributed by atoms with Gasteiger partial charge in [0, 0.05) is 25.4 Å². The zero-order valence-corrected chi connectivity index (χ0v) is 14.0. The van der Waals surface area contributed by atoms with Crippen LogP contribution in [0.3, 0.4) is 0 Å². The maximum absolute atomic E-state index is 12.6. The first-order valence-corrected chi connectivity index (χ1v) is 7.48. The normalized spacial score (nSPS) is 16.1. The molecule has 1 amide bonds. The highest BCUT2D eigenvalue weighted by Gasteiger charge is 2.38. The van der Waals surface area contributed by atoms with E-state index >= 15 is 0 Å². The maximum atomic E-state index is 12.6. The van der Waals surface area contributed by atoms with Crippen LogP contribution < -0.4 is 11.1 Å². The molecule has 1 aliphatic heterocycles. The number of hydrogen-bond acceptors (Lipinski definition) is 5. The Labute approximate surface area is 142 Å². The van der Waals surface area contributed by atoms with Gasteiger partial charge in [0.15, 0.2) is 0 Å². The first-order chi connectivity index (χ1) is 10.6. The minimum atomic E-state index is -0.599. The number of anilines is 1. The Bertz CT molecular complexity index is 545. The molecule has 3 N–H and O–H groups in total. The smallest absolute Gasteiger partial charge is 0.338 e. The Kier molecular flexibility index (Phi) is 7.48. The number of halogens is 1. The van der Waals surface area contributed by atoms with E-state index < -0.39 is 11.4 Å². The van der Waals surface area contributed by atoms with Crippen LogP contribution in [0.15, 0.2) is 24.3 Å². The minimum Gasteiger partial charge on any atom is -0.462 e. The molecule has 0 unspecified atom stereocenters. The summed E-state index contributed by atoms with van der Waals surface area (Å²) in [5.74, 6) is -0.530. The van der Waals surface area contributed by atoms with Crippen molar-refractivity contribution >= 4 is 30.0 Å². The molecule has 128 valence electrons. The van der Waals surface area contributed by atoms with E-state index in [0.717, 1.165) is 0 Å². The number of benzene rings is 1. The van der Waals surface area contributed by atoms with Gasteiger partial charge in [-0.2, -0.15) is 0 Å². The lowest BCUT2D eigenvalue weighted by atomic mass is 9.79. The van der Waals surface area contributed by atoms with Crippen LogP contribution in [0.4, 0.5) is 5.69 Å². The molecule has 0 saturated carbocycles. The molecule has 0 radical (unpaired) electrons. The Hall–Kier alpha value is -1.63. The number of nitrogens with one attached hydrogen (secondary N) is 1. The van der Waals surface area contributed by atoms with Gasteiger partial charge in [-0.25, -0.2) is 4.79 Å². The first kappa shape index (κ1) is 19.4. The molecular weight excluding hydrogens is 320 g/mol. The lowest BCUT2D eigenvalue weighted by Gasteiger charge is -2.34. The van der Waals surface area contributed by atoms with Crippen LogP contribution in [0.25, 0.3) is 0 Å². The summed E-state index contributed by atoms with van der Waals surface area (Å²) in [6, 6.07) is 6.71. The number of amides is 1. The molecule has 2 rings (SSSR count). The molecule has 0 aromatic heterocycles. The van der Waals surface area contributed by atoms with Gasteiger partial charge in [-0.3, -0.25) is 4.79 Å². The third-order valence-corrected chi connectivity index (χ3v) is 3.95. The molecule has 0 aliphatic carbocycles. The predicted molar refractivity (Wildman–Crippen MR) is 89.8 cm³/mol. The van der Waals surface area contributed by atoms with E-state index in [1.54, 1.807) is 31.2 Å². The zero-order valence-electron chi connectivity index (χ0n) is 13.2. The van der Waals surface area contributed by atoms with Gasteiger partial charge in [-0.05, 0) is 38.0 Å². The van der Waals surface area contributed by atoms with Gasteiger partial charge in [-0.15, -0.1) is 12.4 Å². The van der Waals surface area contributed by atoms with Crippen LogP contribution in [-0.2, 0) is 14.3 Å². The quantitative estimate of drug-likeness (QED) is 0.798. The molecule has 23 heavy (non-hydrogen) atoms. The van der Waals surface area contributed by atoms with E-state index in [2.05, 4.69) is 5.32 Å². The Morgan fingerprint density at radius 3 is 2.65 bits per heavy atom. The SMILES string of the molecule is CCOC(=O)c1cccc(NC(=O)C2(CN)CCOCC2)c1.Cl. The van der Waals surface area contributed by atoms with Gasteiger partial charge in [0.05, 0.1) is 17.6 Å². The average molecular weight is 343 g/mol. The predicted octanol–water partition coefficient (Wildman–Crippen LogP) is 1.98. The fourth-order valence-corrected chi connectivity index (χ4v) is 2.49. The second-order valence-corrected chi connectivity index (χ2v) is 5.35. The average Bonchev–Trinajstić information content (AvgIpc) is 2.56. The number of hydrogen-bond donors (Lipinski definition) is 2. The van der Waals surface area contributed by atoms with Gasteiger partial charge >= 0.3 is 5.97 Å². The molecule has 1 aromatic rings. The monoisotopic (exact) mass is 342 g/mol. The molecular formula is C16H23ClN2O4. The highest BCUT2D eigenvalue weighted by atomic mass is 35.5. The summed E-state index contributed by atoms with van der Waals surface area (Å²) in [5.41, 5.74) is 6.20. The van der Waals surface area contributed by atoms with E-state index in [9.17, 15) is 9.59 Å². The second-order valence-electron chi connectivity index (χ2n) is 5.35. The van der Waals surface area contributed by atoms with Crippen molar-refractivity contribution in [2.75, 3.05) is 31.7 Å². The fourth-order valence-electron chi connectivity index (χ4n) is 2.49. The van der Waals surface area contributed by atoms with Crippen molar-refractivity contribution in [2.45, 2.75) is 19.8 Å². The molecule has 7 heteroatoms. The number of carbonyl (C=O) groups is 2. The third-order valence-electron chi connectivity index (χ3n) is 3.95. The third kappa shape index (κ3) is 4.67. The standard InChI is InChI=1S/C16H22N2O4.ClH/c1-2-22-14(19)12-4-3-5-13(10-12)18-15(20)16(11-17)6-8-21-9-7-16;/h3-5,10H,2,6-9,11,17H2,1H3,(H,18,20);1H. The van der Waals surface area contributed by atoms with E-state index in [1.165, 1.54) is 0 Å². The molecule has 0 spiro atoms. The number of rotatable bonds is 5. The number of ether oxygens (including phenoxy) is 2. The number of esters is 1. The van der Waals surface area contributed by atoms with Gasteiger partial charge in [-0.1, -0.05) is 6.07 Å². The van der Waals surface area contributed by atoms with Gasteiger partial charge in [0.2, 0.25) is 5.91 Å². The van der Waals surface area contributed by atoms with Crippen molar-refractivity contribution in [3.63, 3.8) is 0 Å². The zero-order chi connectivity index (χ0) is 16.0. The molecule has 1 aromatic carbocycles. The van der Waals surface area contributed by atoms with Crippen LogP contribution in [0.1, 0.15) is 30.1 Å². The highest BCUT2D eigenvalue weighted by Crippen LogP contribution is 2.31. The van der Waals surface area contributed by atoms with E-state index in [0.29, 0.717) is 43.9 Å². The van der Waals surface area contributed by atoms with Crippen molar-refractivity contribution in [1.29, 1.82) is 0 Å². The largest absolute Gasteiger partial charge is 0.462 e. The van der Waals surface area contributed by atoms with Gasteiger partial charge in [0.25, 0.3) is 0 Å². The Morgan fingerprint density at radius 2 is 2.04 bits per heavy atom. The lowest BCUT2D eigenvalue weighted by Crippen LogP contribution is -2.46. The summed E-state index contributed by atoms with van der Waals surface area (Å²) < 4.78 is 10.3. The van der Waals surface area contributed by atoms with E-state index in [1.807, 2.05) is 0 Å². The van der Waals surface area contributed by atoms with Crippen LogP contribution in [0.5, 0.6) is 0 Å². The first-order valence-electron chi connectivity index (χ1n) is 7.48. The lowest BCUT2D eigenvalue weighted by molar-refractivity contribution is -0.130. The van der Waals surface area contributed by atoms with Crippen LogP contribution in [0.2, 0.25) is 0 Å². The van der Waals surface area contributed by atoms with Gasteiger partial charge in [0.1, 0.15) is 0 Å². The van der Waals surface area contributed by atoms with E-state index in [4.69, 9.17) is 15.2 Å². The summed E-state index contributed by atoms with van der Waals surface area (Å²) in [4.78, 5) is 24.3. The van der Waals surface area contributed by atoms with Gasteiger partial charge < -0.3 is 20.5 Å². The topological polar surface area (TPSA) is 90.7 Å². The highest BCUT2D eigenvalue weighted by molar-refractivity contribution is 5.97. The van der Waals surface area contributed by atoms with Crippen molar-refractivity contribution < 1.29 is 19.1 Å². The van der Waals surface area contributed by atoms with Crippen LogP contribution in [-0.4, -0.2) is 38.2 Å². The molecule has 1 aliphatic rings. The Balaban J connectivity index is 0.00000264. The molecule has 6 nitrogen and oxygen atoms in total. The minimum absolute atomic E-state index is 0. The van der Waals surface area contributed by atoms with Crippen molar-refractivity contribution in [3.8, 4) is 0 Å². The summed E-state index contributed by atoms with van der Waals surface area (Å²) >= 11 is 0. The number of carbonyl (C=O) groups excluding carboxylic acids is 2. The summed E-state index contributed by atoms with van der Waals surface area (Å²) in [6.07, 6.45) is 1.21. The molecule has 1 fully saturated rings.